The third-order valence-corrected chi connectivity index (χ3v) is 5.55. The van der Waals surface area contributed by atoms with Gasteiger partial charge in [-0.15, -0.1) is 16.4 Å². The molecular weight excluding hydrogens is 390 g/mol. The van der Waals surface area contributed by atoms with Crippen LogP contribution >= 0.6 is 11.3 Å². The van der Waals surface area contributed by atoms with E-state index in [-0.39, 0.29) is 17.9 Å². The van der Waals surface area contributed by atoms with E-state index in [1.807, 2.05) is 30.3 Å². The Morgan fingerprint density at radius 3 is 2.59 bits per heavy atom. The predicted molar refractivity (Wildman–Crippen MR) is 111 cm³/mol. The van der Waals surface area contributed by atoms with Gasteiger partial charge in [-0.25, -0.2) is 4.68 Å². The molecule has 2 aromatic heterocycles. The molecule has 8 heteroatoms. The second kappa shape index (κ2) is 7.84. The van der Waals surface area contributed by atoms with E-state index in [9.17, 15) is 9.59 Å². The number of hydrogen-bond acceptors (Lipinski definition) is 7. The van der Waals surface area contributed by atoms with Crippen molar-refractivity contribution >= 4 is 27.3 Å². The monoisotopic (exact) mass is 407 g/mol. The van der Waals surface area contributed by atoms with Crippen molar-refractivity contribution < 1.29 is 14.3 Å². The first-order valence-electron chi connectivity index (χ1n) is 8.78. The van der Waals surface area contributed by atoms with Crippen LogP contribution in [0.5, 0.6) is 11.5 Å². The molecule has 146 valence electrons. The molecule has 2 heterocycles. The first kappa shape index (κ1) is 18.8. The first-order chi connectivity index (χ1) is 14.1. The van der Waals surface area contributed by atoms with Crippen molar-refractivity contribution in [2.24, 2.45) is 0 Å². The minimum atomic E-state index is -0.353. The van der Waals surface area contributed by atoms with Crippen molar-refractivity contribution in [2.75, 3.05) is 14.2 Å². The standard InChI is InChI=1S/C21H17N3O4S/c1-27-14-8-9-15(18(10-14)28-2)17(25)12-24-21(26)16-11-19(29-20(16)22-23-24)13-6-4-3-5-7-13/h3-11H,12H2,1-2H3. The molecule has 0 atom stereocenters. The molecule has 0 aliphatic carbocycles. The number of hydrogen-bond donors (Lipinski definition) is 0. The van der Waals surface area contributed by atoms with Crippen LogP contribution in [0, 0.1) is 0 Å². The SMILES string of the molecule is COc1ccc(C(=O)Cn2nnc3sc(-c4ccccc4)cc3c2=O)c(OC)c1. The van der Waals surface area contributed by atoms with Crippen LogP contribution in [0.15, 0.2) is 59.4 Å². The van der Waals surface area contributed by atoms with E-state index < -0.39 is 0 Å². The Morgan fingerprint density at radius 2 is 1.86 bits per heavy atom. The molecule has 0 saturated carbocycles. The minimum Gasteiger partial charge on any atom is -0.497 e. The molecule has 0 saturated heterocycles. The molecule has 7 nitrogen and oxygen atoms in total. The molecule has 0 aliphatic rings. The van der Waals surface area contributed by atoms with Gasteiger partial charge in [0, 0.05) is 10.9 Å². The zero-order chi connectivity index (χ0) is 20.4. The minimum absolute atomic E-state index is 0.235. The lowest BCUT2D eigenvalue weighted by molar-refractivity contribution is 0.0961. The van der Waals surface area contributed by atoms with E-state index in [0.717, 1.165) is 15.1 Å². The fraction of sp³-hybridized carbons (Fsp3) is 0.143. The number of fused-ring (bicyclic) bond motifs is 1. The van der Waals surface area contributed by atoms with Gasteiger partial charge in [0.05, 0.1) is 25.2 Å². The molecular formula is C21H17N3O4S. The lowest BCUT2D eigenvalue weighted by Crippen LogP contribution is -2.27. The van der Waals surface area contributed by atoms with Gasteiger partial charge in [0.2, 0.25) is 0 Å². The maximum Gasteiger partial charge on any atom is 0.278 e. The van der Waals surface area contributed by atoms with E-state index in [1.165, 1.54) is 25.6 Å². The zero-order valence-corrected chi connectivity index (χ0v) is 16.6. The van der Waals surface area contributed by atoms with Crippen LogP contribution in [-0.2, 0) is 6.54 Å². The maximum absolute atomic E-state index is 12.9. The Bertz CT molecular complexity index is 1250. The summed E-state index contributed by atoms with van der Waals surface area (Å²) < 4.78 is 11.5. The number of methoxy groups -OCH3 is 2. The number of Topliss-reactive ketones (excluding diaryl/α,β-unsaturated/α-hetero) is 1. The van der Waals surface area contributed by atoms with Crippen molar-refractivity contribution in [1.29, 1.82) is 0 Å². The second-order valence-electron chi connectivity index (χ2n) is 6.24. The van der Waals surface area contributed by atoms with Gasteiger partial charge in [0.1, 0.15) is 18.0 Å². The molecule has 4 rings (SSSR count). The summed E-state index contributed by atoms with van der Waals surface area (Å²) >= 11 is 1.39. The summed E-state index contributed by atoms with van der Waals surface area (Å²) in [6.45, 7) is -0.235. The lowest BCUT2D eigenvalue weighted by atomic mass is 10.1. The summed E-state index contributed by atoms with van der Waals surface area (Å²) in [6, 6.07) is 16.4. The first-order valence-corrected chi connectivity index (χ1v) is 9.60. The Balaban J connectivity index is 1.67. The Morgan fingerprint density at radius 1 is 1.07 bits per heavy atom. The van der Waals surface area contributed by atoms with Gasteiger partial charge in [-0.3, -0.25) is 9.59 Å². The van der Waals surface area contributed by atoms with Crippen molar-refractivity contribution in [3.8, 4) is 21.9 Å². The summed E-state index contributed by atoms with van der Waals surface area (Å²) in [4.78, 5) is 27.1. The predicted octanol–water partition coefficient (Wildman–Crippen LogP) is 3.42. The quantitative estimate of drug-likeness (QED) is 0.456. The Hall–Kier alpha value is -3.52. The topological polar surface area (TPSA) is 83.3 Å². The summed E-state index contributed by atoms with van der Waals surface area (Å²) in [6.07, 6.45) is 0. The van der Waals surface area contributed by atoms with E-state index in [1.54, 1.807) is 24.3 Å². The van der Waals surface area contributed by atoms with Crippen LogP contribution in [0.4, 0.5) is 0 Å². The molecule has 29 heavy (non-hydrogen) atoms. The third-order valence-electron chi connectivity index (χ3n) is 4.48. The highest BCUT2D eigenvalue weighted by Gasteiger charge is 2.17. The Labute approximate surface area is 170 Å². The van der Waals surface area contributed by atoms with Gasteiger partial charge in [-0.05, 0) is 23.8 Å². The molecule has 0 unspecified atom stereocenters. The number of ketones is 1. The van der Waals surface area contributed by atoms with E-state index in [2.05, 4.69) is 10.3 Å². The van der Waals surface area contributed by atoms with Crippen LogP contribution < -0.4 is 15.0 Å². The number of ether oxygens (including phenoxy) is 2. The van der Waals surface area contributed by atoms with Crippen LogP contribution in [0.1, 0.15) is 10.4 Å². The van der Waals surface area contributed by atoms with Crippen molar-refractivity contribution in [3.05, 3.63) is 70.5 Å². The number of thiophene rings is 1. The molecule has 0 radical (unpaired) electrons. The van der Waals surface area contributed by atoms with Crippen LogP contribution in [0.25, 0.3) is 20.7 Å². The van der Waals surface area contributed by atoms with Crippen molar-refractivity contribution in [2.45, 2.75) is 6.54 Å². The number of carbonyl (C=O) groups excluding carboxylic acids is 1. The van der Waals surface area contributed by atoms with Crippen LogP contribution in [0.2, 0.25) is 0 Å². The molecule has 0 aliphatic heterocycles. The van der Waals surface area contributed by atoms with Gasteiger partial charge in [0.15, 0.2) is 10.6 Å². The van der Waals surface area contributed by atoms with Crippen LogP contribution in [0.3, 0.4) is 0 Å². The molecule has 0 spiro atoms. The maximum atomic E-state index is 12.9. The number of nitrogens with zero attached hydrogens (tertiary/aromatic N) is 3. The number of carbonyl (C=O) groups is 1. The van der Waals surface area contributed by atoms with E-state index in [0.29, 0.717) is 27.3 Å². The van der Waals surface area contributed by atoms with Gasteiger partial charge < -0.3 is 9.47 Å². The molecule has 0 amide bonds. The van der Waals surface area contributed by atoms with E-state index in [4.69, 9.17) is 9.47 Å². The molecule has 0 fully saturated rings. The highest BCUT2D eigenvalue weighted by molar-refractivity contribution is 7.21. The fourth-order valence-electron chi connectivity index (χ4n) is 2.98. The van der Waals surface area contributed by atoms with Gasteiger partial charge in [0.25, 0.3) is 5.56 Å². The third kappa shape index (κ3) is 3.62. The average molecular weight is 407 g/mol. The van der Waals surface area contributed by atoms with Gasteiger partial charge >= 0.3 is 0 Å². The molecule has 4 aromatic rings. The van der Waals surface area contributed by atoms with Gasteiger partial charge in [-0.1, -0.05) is 35.5 Å². The Kier molecular flexibility index (Phi) is 5.09. The zero-order valence-electron chi connectivity index (χ0n) is 15.8. The van der Waals surface area contributed by atoms with Gasteiger partial charge in [-0.2, -0.15) is 0 Å². The highest BCUT2D eigenvalue weighted by atomic mass is 32.1. The fourth-order valence-corrected chi connectivity index (χ4v) is 3.95. The normalized spacial score (nSPS) is 10.8. The van der Waals surface area contributed by atoms with E-state index >= 15 is 0 Å². The molecule has 2 aromatic carbocycles. The summed E-state index contributed by atoms with van der Waals surface area (Å²) in [5.41, 5.74) is 0.993. The molecule has 0 N–H and O–H groups in total. The summed E-state index contributed by atoms with van der Waals surface area (Å²) in [5.74, 6) is 0.639. The lowest BCUT2D eigenvalue weighted by Gasteiger charge is -2.09. The van der Waals surface area contributed by atoms with Crippen molar-refractivity contribution in [3.63, 3.8) is 0 Å². The summed E-state index contributed by atoms with van der Waals surface area (Å²) in [5, 5.41) is 8.52. The van der Waals surface area contributed by atoms with Crippen LogP contribution in [-0.4, -0.2) is 35.0 Å². The number of rotatable bonds is 6. The largest absolute Gasteiger partial charge is 0.497 e. The number of benzene rings is 2. The molecule has 0 bridgehead atoms. The van der Waals surface area contributed by atoms with Crippen molar-refractivity contribution in [1.82, 2.24) is 15.0 Å². The summed E-state index contributed by atoms with van der Waals surface area (Å²) in [7, 11) is 3.01. The second-order valence-corrected chi connectivity index (χ2v) is 7.27. The average Bonchev–Trinajstić information content (AvgIpc) is 3.21. The highest BCUT2D eigenvalue weighted by Crippen LogP contribution is 2.30. The smallest absolute Gasteiger partial charge is 0.278 e. The number of aromatic nitrogens is 3.